The lowest BCUT2D eigenvalue weighted by Gasteiger charge is -2.14. The monoisotopic (exact) mass is 399 g/mol. The van der Waals surface area contributed by atoms with Crippen LogP contribution in [0.1, 0.15) is 28.4 Å². The van der Waals surface area contributed by atoms with Crippen LogP contribution in [0.4, 0.5) is 5.00 Å². The second kappa shape index (κ2) is 7.90. The van der Waals surface area contributed by atoms with Crippen LogP contribution in [0.3, 0.4) is 0 Å². The van der Waals surface area contributed by atoms with Crippen molar-refractivity contribution >= 4 is 38.1 Å². The van der Waals surface area contributed by atoms with E-state index in [9.17, 15) is 9.59 Å². The molecule has 1 amide bonds. The topological polar surface area (TPSA) is 73.9 Å². The molecule has 0 aliphatic carbocycles. The van der Waals surface area contributed by atoms with Gasteiger partial charge in [0.2, 0.25) is 11.7 Å². The first-order valence-electron chi connectivity index (χ1n) is 8.55. The van der Waals surface area contributed by atoms with Crippen molar-refractivity contribution in [3.05, 3.63) is 47.0 Å². The third kappa shape index (κ3) is 3.53. The Labute approximate surface area is 167 Å². The number of fused-ring (bicyclic) bond motifs is 1. The summed E-state index contributed by atoms with van der Waals surface area (Å²) in [5.74, 6) is 0.720. The number of ketones is 1. The Morgan fingerprint density at radius 2 is 1.61 bits per heavy atom. The number of amides is 1. The van der Waals surface area contributed by atoms with Crippen LogP contribution in [-0.4, -0.2) is 33.0 Å². The zero-order chi connectivity index (χ0) is 20.4. The number of methoxy groups -OCH3 is 3. The highest BCUT2D eigenvalue weighted by atomic mass is 32.1. The van der Waals surface area contributed by atoms with E-state index in [1.807, 2.05) is 25.1 Å². The van der Waals surface area contributed by atoms with E-state index in [0.29, 0.717) is 33.4 Å². The predicted octanol–water partition coefficient (Wildman–Crippen LogP) is 4.42. The third-order valence-corrected chi connectivity index (χ3v) is 5.36. The van der Waals surface area contributed by atoms with E-state index in [2.05, 4.69) is 5.32 Å². The number of aryl methyl sites for hydroxylation is 1. The fourth-order valence-corrected chi connectivity index (χ4v) is 4.28. The van der Waals surface area contributed by atoms with E-state index < -0.39 is 0 Å². The summed E-state index contributed by atoms with van der Waals surface area (Å²) in [6.07, 6.45) is 0. The molecule has 3 rings (SSSR count). The lowest BCUT2D eigenvalue weighted by Crippen LogP contribution is -2.10. The number of anilines is 1. The molecule has 0 spiro atoms. The molecule has 0 fully saturated rings. The molecule has 1 N–H and O–H groups in total. The summed E-state index contributed by atoms with van der Waals surface area (Å²) in [5.41, 5.74) is 1.90. The summed E-state index contributed by atoms with van der Waals surface area (Å²) in [4.78, 5) is 25.1. The molecule has 0 unspecified atom stereocenters. The normalized spacial score (nSPS) is 10.6. The molecule has 0 aliphatic rings. The van der Waals surface area contributed by atoms with Gasteiger partial charge >= 0.3 is 0 Å². The summed E-state index contributed by atoms with van der Waals surface area (Å²) in [6, 6.07) is 9.06. The zero-order valence-corrected chi connectivity index (χ0v) is 17.2. The van der Waals surface area contributed by atoms with Crippen LogP contribution in [0.5, 0.6) is 17.2 Å². The molecule has 0 radical (unpaired) electrons. The number of carbonyl (C=O) groups is 2. The van der Waals surface area contributed by atoms with Crippen molar-refractivity contribution in [3.8, 4) is 17.2 Å². The number of thiophene rings is 1. The average Bonchev–Trinajstić information content (AvgIpc) is 3.01. The highest BCUT2D eigenvalue weighted by Gasteiger charge is 2.24. The molecule has 0 atom stereocenters. The number of nitrogens with one attached hydrogen (secondary N) is 1. The van der Waals surface area contributed by atoms with Crippen LogP contribution in [-0.2, 0) is 4.79 Å². The minimum atomic E-state index is -0.238. The molecular weight excluding hydrogens is 378 g/mol. The minimum absolute atomic E-state index is 0.234. The van der Waals surface area contributed by atoms with Gasteiger partial charge in [-0.25, -0.2) is 0 Å². The van der Waals surface area contributed by atoms with E-state index in [0.717, 1.165) is 15.6 Å². The van der Waals surface area contributed by atoms with Gasteiger partial charge in [-0.05, 0) is 30.7 Å². The van der Waals surface area contributed by atoms with Gasteiger partial charge in [0.25, 0.3) is 0 Å². The summed E-state index contributed by atoms with van der Waals surface area (Å²) >= 11 is 1.38. The summed E-state index contributed by atoms with van der Waals surface area (Å²) in [7, 11) is 4.50. The highest BCUT2D eigenvalue weighted by molar-refractivity contribution is 7.23. The third-order valence-electron chi connectivity index (χ3n) is 4.29. The van der Waals surface area contributed by atoms with Crippen LogP contribution in [0, 0.1) is 6.92 Å². The molecule has 7 heteroatoms. The number of benzene rings is 2. The van der Waals surface area contributed by atoms with E-state index in [1.54, 1.807) is 12.1 Å². The largest absolute Gasteiger partial charge is 0.493 e. The molecule has 6 nitrogen and oxygen atoms in total. The van der Waals surface area contributed by atoms with Gasteiger partial charge in [-0.1, -0.05) is 12.1 Å². The van der Waals surface area contributed by atoms with Crippen molar-refractivity contribution in [2.24, 2.45) is 0 Å². The molecule has 0 saturated carbocycles. The maximum atomic E-state index is 13.4. The Balaban J connectivity index is 2.22. The van der Waals surface area contributed by atoms with Gasteiger partial charge < -0.3 is 19.5 Å². The van der Waals surface area contributed by atoms with Crippen molar-refractivity contribution < 1.29 is 23.8 Å². The Morgan fingerprint density at radius 1 is 0.964 bits per heavy atom. The molecular formula is C21H21NO5S. The van der Waals surface area contributed by atoms with Crippen LogP contribution in [0.25, 0.3) is 10.1 Å². The van der Waals surface area contributed by atoms with Gasteiger partial charge in [0, 0.05) is 22.6 Å². The van der Waals surface area contributed by atoms with Crippen molar-refractivity contribution in [1.82, 2.24) is 0 Å². The zero-order valence-electron chi connectivity index (χ0n) is 16.3. The smallest absolute Gasteiger partial charge is 0.221 e. The van der Waals surface area contributed by atoms with Gasteiger partial charge in [0.15, 0.2) is 17.3 Å². The first-order chi connectivity index (χ1) is 13.4. The first-order valence-corrected chi connectivity index (χ1v) is 9.36. The SMILES string of the molecule is COc1cc(C(=O)c2c(NC(C)=O)sc3cc(C)ccc23)cc(OC)c1OC. The summed E-state index contributed by atoms with van der Waals surface area (Å²) in [5, 5.41) is 4.09. The molecule has 3 aromatic rings. The van der Waals surface area contributed by atoms with Gasteiger partial charge in [-0.15, -0.1) is 11.3 Å². The van der Waals surface area contributed by atoms with Crippen molar-refractivity contribution in [2.45, 2.75) is 13.8 Å². The standard InChI is InChI=1S/C21H21NO5S/c1-11-6-7-14-17(8-11)28-21(22-12(2)23)18(14)19(24)13-9-15(25-3)20(27-5)16(10-13)26-4/h6-10H,1-5H3,(H,22,23). The molecule has 1 heterocycles. The van der Waals surface area contributed by atoms with Gasteiger partial charge in [-0.3, -0.25) is 9.59 Å². The number of hydrogen-bond acceptors (Lipinski definition) is 6. The Kier molecular flexibility index (Phi) is 5.56. The molecule has 0 saturated heterocycles. The number of ether oxygens (including phenoxy) is 3. The molecule has 0 aliphatic heterocycles. The average molecular weight is 399 g/mol. The molecule has 0 bridgehead atoms. The quantitative estimate of drug-likeness (QED) is 0.621. The number of rotatable bonds is 6. The fourth-order valence-electron chi connectivity index (χ4n) is 3.03. The second-order valence-electron chi connectivity index (χ2n) is 6.23. The summed E-state index contributed by atoms with van der Waals surface area (Å²) < 4.78 is 17.0. The van der Waals surface area contributed by atoms with Gasteiger partial charge in [-0.2, -0.15) is 0 Å². The van der Waals surface area contributed by atoms with Crippen LogP contribution >= 0.6 is 11.3 Å². The van der Waals surface area contributed by atoms with Crippen LogP contribution in [0.15, 0.2) is 30.3 Å². The van der Waals surface area contributed by atoms with Crippen molar-refractivity contribution in [1.29, 1.82) is 0 Å². The van der Waals surface area contributed by atoms with Crippen LogP contribution in [0.2, 0.25) is 0 Å². The van der Waals surface area contributed by atoms with Crippen molar-refractivity contribution in [2.75, 3.05) is 26.6 Å². The van der Waals surface area contributed by atoms with E-state index >= 15 is 0 Å². The highest BCUT2D eigenvalue weighted by Crippen LogP contribution is 2.41. The number of hydrogen-bond donors (Lipinski definition) is 1. The molecule has 2 aromatic carbocycles. The maximum absolute atomic E-state index is 13.4. The van der Waals surface area contributed by atoms with Gasteiger partial charge in [0.1, 0.15) is 5.00 Å². The maximum Gasteiger partial charge on any atom is 0.221 e. The van der Waals surface area contributed by atoms with E-state index in [-0.39, 0.29) is 11.7 Å². The van der Waals surface area contributed by atoms with E-state index in [1.165, 1.54) is 39.6 Å². The van der Waals surface area contributed by atoms with Crippen LogP contribution < -0.4 is 19.5 Å². The lowest BCUT2D eigenvalue weighted by molar-refractivity contribution is -0.114. The lowest BCUT2D eigenvalue weighted by atomic mass is 10.00. The number of carbonyl (C=O) groups excluding carboxylic acids is 2. The minimum Gasteiger partial charge on any atom is -0.493 e. The predicted molar refractivity (Wildman–Crippen MR) is 110 cm³/mol. The van der Waals surface area contributed by atoms with Crippen molar-refractivity contribution in [3.63, 3.8) is 0 Å². The Morgan fingerprint density at radius 3 is 2.14 bits per heavy atom. The Hall–Kier alpha value is -3.06. The molecule has 28 heavy (non-hydrogen) atoms. The molecule has 146 valence electrons. The fraction of sp³-hybridized carbons (Fsp3) is 0.238. The second-order valence-corrected chi connectivity index (χ2v) is 7.28. The summed E-state index contributed by atoms with van der Waals surface area (Å²) in [6.45, 7) is 3.40. The molecule has 1 aromatic heterocycles. The first kappa shape index (κ1) is 19.7. The van der Waals surface area contributed by atoms with E-state index in [4.69, 9.17) is 14.2 Å². The van der Waals surface area contributed by atoms with Gasteiger partial charge in [0.05, 0.1) is 26.9 Å². The Bertz CT molecular complexity index is 1050.